The molecular formula is C18H17N5O3. The maximum atomic E-state index is 12.2. The summed E-state index contributed by atoms with van der Waals surface area (Å²) in [6, 6.07) is 3.35. The van der Waals surface area contributed by atoms with Crippen LogP contribution >= 0.6 is 0 Å². The number of esters is 1. The van der Waals surface area contributed by atoms with E-state index in [4.69, 9.17) is 6.42 Å². The van der Waals surface area contributed by atoms with Gasteiger partial charge in [-0.2, -0.15) is 10.2 Å². The summed E-state index contributed by atoms with van der Waals surface area (Å²) in [5, 5.41) is 11.5. The first-order valence-corrected chi connectivity index (χ1v) is 8.07. The lowest BCUT2D eigenvalue weighted by Gasteiger charge is -2.10. The van der Waals surface area contributed by atoms with Crippen LogP contribution < -0.4 is 5.32 Å². The molecule has 0 fully saturated rings. The zero-order chi connectivity index (χ0) is 18.6. The van der Waals surface area contributed by atoms with E-state index < -0.39 is 11.6 Å². The summed E-state index contributed by atoms with van der Waals surface area (Å²) in [6.45, 7) is 0. The summed E-state index contributed by atoms with van der Waals surface area (Å²) in [7, 11) is 1.31. The Bertz CT molecular complexity index is 926. The molecule has 1 amide bonds. The molecule has 1 aliphatic heterocycles. The van der Waals surface area contributed by atoms with Gasteiger partial charge in [-0.25, -0.2) is 9.78 Å². The summed E-state index contributed by atoms with van der Waals surface area (Å²) < 4.78 is 4.68. The highest BCUT2D eigenvalue weighted by Gasteiger charge is 2.39. The molecule has 3 rings (SSSR count). The van der Waals surface area contributed by atoms with Crippen molar-refractivity contribution in [1.29, 1.82) is 0 Å². The number of nitrogens with zero attached hydrogens (tertiary/aromatic N) is 4. The first kappa shape index (κ1) is 17.5. The Morgan fingerprint density at radius 2 is 2.12 bits per heavy atom. The van der Waals surface area contributed by atoms with E-state index in [1.165, 1.54) is 13.3 Å². The van der Waals surface area contributed by atoms with Crippen LogP contribution in [0.25, 0.3) is 10.9 Å². The summed E-state index contributed by atoms with van der Waals surface area (Å²) in [4.78, 5) is 32.2. The van der Waals surface area contributed by atoms with Crippen molar-refractivity contribution < 1.29 is 14.3 Å². The monoisotopic (exact) mass is 351 g/mol. The van der Waals surface area contributed by atoms with Gasteiger partial charge in [-0.3, -0.25) is 9.78 Å². The number of methoxy groups -OCH3 is 1. The van der Waals surface area contributed by atoms with Gasteiger partial charge in [0.2, 0.25) is 5.91 Å². The molecule has 0 bridgehead atoms. The van der Waals surface area contributed by atoms with E-state index in [2.05, 4.69) is 36.2 Å². The van der Waals surface area contributed by atoms with E-state index in [1.54, 1.807) is 18.3 Å². The van der Waals surface area contributed by atoms with Gasteiger partial charge < -0.3 is 10.1 Å². The summed E-state index contributed by atoms with van der Waals surface area (Å²) in [5.41, 5.74) is 0.330. The van der Waals surface area contributed by atoms with Crippen LogP contribution in [0.15, 0.2) is 34.8 Å². The van der Waals surface area contributed by atoms with E-state index in [0.717, 1.165) is 0 Å². The molecule has 0 saturated carbocycles. The predicted octanol–water partition coefficient (Wildman–Crippen LogP) is 2.71. The topological polar surface area (TPSA) is 106 Å². The van der Waals surface area contributed by atoms with Crippen molar-refractivity contribution >= 4 is 28.6 Å². The number of aromatic nitrogens is 2. The second-order valence-electron chi connectivity index (χ2n) is 5.88. The first-order valence-electron chi connectivity index (χ1n) is 8.07. The molecule has 1 N–H and O–H groups in total. The molecule has 0 atom stereocenters. The van der Waals surface area contributed by atoms with E-state index in [1.807, 2.05) is 0 Å². The molecule has 2 aromatic rings. The Kier molecular flexibility index (Phi) is 4.89. The third kappa shape index (κ3) is 3.83. The quantitative estimate of drug-likeness (QED) is 0.610. The van der Waals surface area contributed by atoms with Crippen molar-refractivity contribution in [3.8, 4) is 12.3 Å². The van der Waals surface area contributed by atoms with Crippen LogP contribution in [0.1, 0.15) is 36.0 Å². The van der Waals surface area contributed by atoms with Crippen LogP contribution in [0, 0.1) is 12.3 Å². The standard InChI is InChI=1S/C18H17N5O3/c1-3-4-7-18(22-23-18)8-5-14(24)21-16-15-12(6-9-19-16)10-13(11-20-15)17(25)26-2/h1,6,9-11H,4-5,7-8H2,2H3,(H,19,21,24). The Morgan fingerprint density at radius 1 is 1.31 bits per heavy atom. The maximum Gasteiger partial charge on any atom is 0.339 e. The fourth-order valence-corrected chi connectivity index (χ4v) is 2.56. The SMILES string of the molecule is C#CCCC1(CCC(=O)Nc2nccc3cc(C(=O)OC)cnc23)N=N1. The number of carbonyl (C=O) groups excluding carboxylic acids is 2. The third-order valence-electron chi connectivity index (χ3n) is 4.08. The molecule has 132 valence electrons. The van der Waals surface area contributed by atoms with Gasteiger partial charge in [0.05, 0.1) is 12.7 Å². The third-order valence-corrected chi connectivity index (χ3v) is 4.08. The molecule has 0 aromatic carbocycles. The molecule has 8 heteroatoms. The van der Waals surface area contributed by atoms with E-state index in [9.17, 15) is 9.59 Å². The fraction of sp³-hybridized carbons (Fsp3) is 0.333. The van der Waals surface area contributed by atoms with Gasteiger partial charge in [0.1, 0.15) is 5.52 Å². The predicted molar refractivity (Wildman–Crippen MR) is 94.4 cm³/mol. The number of carbonyl (C=O) groups is 2. The van der Waals surface area contributed by atoms with Crippen LogP contribution in [-0.4, -0.2) is 34.6 Å². The van der Waals surface area contributed by atoms with Gasteiger partial charge in [-0.1, -0.05) is 0 Å². The Labute approximate surface area is 150 Å². The maximum absolute atomic E-state index is 12.2. The number of hydrogen-bond donors (Lipinski definition) is 1. The van der Waals surface area contributed by atoms with Crippen molar-refractivity contribution in [3.05, 3.63) is 30.1 Å². The van der Waals surface area contributed by atoms with E-state index in [-0.39, 0.29) is 12.3 Å². The second kappa shape index (κ2) is 7.27. The van der Waals surface area contributed by atoms with Crippen LogP contribution in [0.5, 0.6) is 0 Å². The summed E-state index contributed by atoms with van der Waals surface area (Å²) in [6.07, 6.45) is 10.2. The normalized spacial score (nSPS) is 13.8. The van der Waals surface area contributed by atoms with Crippen LogP contribution in [0.4, 0.5) is 5.82 Å². The molecule has 26 heavy (non-hydrogen) atoms. The fourth-order valence-electron chi connectivity index (χ4n) is 2.56. The van der Waals surface area contributed by atoms with Crippen molar-refractivity contribution in [1.82, 2.24) is 9.97 Å². The number of rotatable bonds is 7. The number of ether oxygens (including phenoxy) is 1. The zero-order valence-electron chi connectivity index (χ0n) is 14.2. The van der Waals surface area contributed by atoms with Crippen LogP contribution in [-0.2, 0) is 9.53 Å². The average molecular weight is 351 g/mol. The van der Waals surface area contributed by atoms with Gasteiger partial charge in [-0.15, -0.1) is 12.3 Å². The van der Waals surface area contributed by atoms with E-state index >= 15 is 0 Å². The molecular weight excluding hydrogens is 334 g/mol. The molecule has 0 unspecified atom stereocenters. The minimum Gasteiger partial charge on any atom is -0.465 e. The molecule has 3 heterocycles. The summed E-state index contributed by atoms with van der Waals surface area (Å²) >= 11 is 0. The lowest BCUT2D eigenvalue weighted by atomic mass is 10.0. The Balaban J connectivity index is 1.68. The van der Waals surface area contributed by atoms with Gasteiger partial charge in [0, 0.05) is 43.5 Å². The largest absolute Gasteiger partial charge is 0.465 e. The smallest absolute Gasteiger partial charge is 0.339 e. The molecule has 2 aromatic heterocycles. The minimum absolute atomic E-state index is 0.207. The lowest BCUT2D eigenvalue weighted by Crippen LogP contribution is -2.18. The van der Waals surface area contributed by atoms with Gasteiger partial charge in [0.15, 0.2) is 11.5 Å². The van der Waals surface area contributed by atoms with Crippen molar-refractivity contribution in [2.45, 2.75) is 31.3 Å². The minimum atomic E-state index is -0.496. The molecule has 8 nitrogen and oxygen atoms in total. The molecule has 0 aliphatic carbocycles. The van der Waals surface area contributed by atoms with Crippen molar-refractivity contribution in [2.24, 2.45) is 10.2 Å². The highest BCUT2D eigenvalue weighted by Crippen LogP contribution is 2.37. The van der Waals surface area contributed by atoms with Crippen molar-refractivity contribution in [2.75, 3.05) is 12.4 Å². The Morgan fingerprint density at radius 3 is 2.81 bits per heavy atom. The number of terminal acetylenes is 1. The second-order valence-corrected chi connectivity index (χ2v) is 5.88. The highest BCUT2D eigenvalue weighted by molar-refractivity contribution is 6.00. The number of amides is 1. The number of hydrogen-bond acceptors (Lipinski definition) is 7. The number of anilines is 1. The molecule has 1 aliphatic rings. The number of pyridine rings is 2. The lowest BCUT2D eigenvalue weighted by molar-refractivity contribution is -0.116. The van der Waals surface area contributed by atoms with E-state index in [0.29, 0.717) is 41.5 Å². The summed E-state index contributed by atoms with van der Waals surface area (Å²) in [5.74, 6) is 2.21. The van der Waals surface area contributed by atoms with Crippen LogP contribution in [0.2, 0.25) is 0 Å². The highest BCUT2D eigenvalue weighted by atomic mass is 16.5. The Hall–Kier alpha value is -3.34. The van der Waals surface area contributed by atoms with Crippen LogP contribution in [0.3, 0.4) is 0 Å². The number of fused-ring (bicyclic) bond motifs is 1. The first-order chi connectivity index (χ1) is 12.6. The van der Waals surface area contributed by atoms with Crippen molar-refractivity contribution in [3.63, 3.8) is 0 Å². The zero-order valence-corrected chi connectivity index (χ0v) is 14.2. The number of nitrogens with one attached hydrogen (secondary N) is 1. The van der Waals surface area contributed by atoms with Gasteiger partial charge in [-0.05, 0) is 12.1 Å². The molecule has 0 saturated heterocycles. The van der Waals surface area contributed by atoms with Gasteiger partial charge >= 0.3 is 5.97 Å². The molecule has 0 radical (unpaired) electrons. The molecule has 0 spiro atoms. The average Bonchev–Trinajstić information content (AvgIpc) is 3.44. The van der Waals surface area contributed by atoms with Gasteiger partial charge in [0.25, 0.3) is 0 Å².